The van der Waals surface area contributed by atoms with Crippen molar-refractivity contribution in [3.63, 3.8) is 0 Å². The van der Waals surface area contributed by atoms with Crippen LogP contribution in [0.1, 0.15) is 11.1 Å². The topological polar surface area (TPSA) is 96.5 Å². The average molecular weight is 439 g/mol. The van der Waals surface area contributed by atoms with Gasteiger partial charge in [0.25, 0.3) is 11.5 Å². The van der Waals surface area contributed by atoms with Crippen LogP contribution in [-0.2, 0) is 4.79 Å². The van der Waals surface area contributed by atoms with Gasteiger partial charge in [0, 0.05) is 17.7 Å². The zero-order valence-electron chi connectivity index (χ0n) is 15.1. The van der Waals surface area contributed by atoms with Gasteiger partial charge in [-0.25, -0.2) is 0 Å². The van der Waals surface area contributed by atoms with E-state index >= 15 is 0 Å². The molecule has 1 N–H and O–H groups in total. The van der Waals surface area contributed by atoms with Gasteiger partial charge in [0.05, 0.1) is 0 Å². The zero-order chi connectivity index (χ0) is 20.3. The SMILES string of the molecule is CNC(=O)C(C#N)=Cc1c(Oc2ccc(Br)cc2)nc2c(C)cccn2c1=O. The molecule has 28 heavy (non-hydrogen) atoms. The molecule has 3 rings (SSSR count). The van der Waals surface area contributed by atoms with Gasteiger partial charge in [-0.2, -0.15) is 10.2 Å². The van der Waals surface area contributed by atoms with E-state index < -0.39 is 11.5 Å². The van der Waals surface area contributed by atoms with E-state index in [-0.39, 0.29) is 17.0 Å². The number of ether oxygens (including phenoxy) is 1. The Morgan fingerprint density at radius 3 is 2.68 bits per heavy atom. The summed E-state index contributed by atoms with van der Waals surface area (Å²) in [7, 11) is 1.40. The smallest absolute Gasteiger partial charge is 0.269 e. The number of nitrogens with zero attached hydrogens (tertiary/aromatic N) is 3. The van der Waals surface area contributed by atoms with Crippen molar-refractivity contribution in [3.05, 3.63) is 74.1 Å². The van der Waals surface area contributed by atoms with Crippen molar-refractivity contribution in [1.29, 1.82) is 5.26 Å². The van der Waals surface area contributed by atoms with Crippen molar-refractivity contribution in [3.8, 4) is 17.7 Å². The number of aryl methyl sites for hydroxylation is 1. The number of likely N-dealkylation sites (N-methyl/N-ethyl adjacent to an activating group) is 1. The molecule has 0 aliphatic carbocycles. The minimum Gasteiger partial charge on any atom is -0.438 e. The largest absolute Gasteiger partial charge is 0.438 e. The summed E-state index contributed by atoms with van der Waals surface area (Å²) in [4.78, 5) is 29.4. The molecule has 140 valence electrons. The van der Waals surface area contributed by atoms with Gasteiger partial charge in [-0.3, -0.25) is 14.0 Å². The molecule has 0 saturated heterocycles. The van der Waals surface area contributed by atoms with Crippen molar-refractivity contribution in [2.45, 2.75) is 6.92 Å². The Labute approximate surface area is 169 Å². The first-order valence-electron chi connectivity index (χ1n) is 8.24. The summed E-state index contributed by atoms with van der Waals surface area (Å²) < 4.78 is 8.06. The van der Waals surface area contributed by atoms with Gasteiger partial charge >= 0.3 is 0 Å². The number of nitrogens with one attached hydrogen (secondary N) is 1. The highest BCUT2D eigenvalue weighted by molar-refractivity contribution is 9.10. The van der Waals surface area contributed by atoms with Crippen LogP contribution in [0.15, 0.2) is 57.4 Å². The van der Waals surface area contributed by atoms with Crippen LogP contribution in [0, 0.1) is 18.3 Å². The lowest BCUT2D eigenvalue weighted by atomic mass is 10.1. The third-order valence-corrected chi connectivity index (χ3v) is 4.49. The quantitative estimate of drug-likeness (QED) is 0.498. The maximum atomic E-state index is 13.1. The Balaban J connectivity index is 2.27. The van der Waals surface area contributed by atoms with Crippen molar-refractivity contribution in [1.82, 2.24) is 14.7 Å². The van der Waals surface area contributed by atoms with Gasteiger partial charge in [0.15, 0.2) is 0 Å². The highest BCUT2D eigenvalue weighted by atomic mass is 79.9. The third kappa shape index (κ3) is 3.80. The number of rotatable bonds is 4. The van der Waals surface area contributed by atoms with Gasteiger partial charge in [0.1, 0.15) is 28.6 Å². The van der Waals surface area contributed by atoms with Crippen LogP contribution in [-0.4, -0.2) is 22.3 Å². The fourth-order valence-electron chi connectivity index (χ4n) is 2.54. The third-order valence-electron chi connectivity index (χ3n) is 3.96. The van der Waals surface area contributed by atoms with E-state index in [4.69, 9.17) is 4.74 Å². The van der Waals surface area contributed by atoms with E-state index in [0.29, 0.717) is 11.4 Å². The van der Waals surface area contributed by atoms with E-state index in [1.54, 1.807) is 42.6 Å². The molecule has 1 amide bonds. The minimum absolute atomic E-state index is 0.00571. The van der Waals surface area contributed by atoms with Gasteiger partial charge < -0.3 is 10.1 Å². The molecule has 0 aliphatic rings. The predicted octanol–water partition coefficient (Wildman–Crippen LogP) is 3.21. The molecular weight excluding hydrogens is 424 g/mol. The minimum atomic E-state index is -0.606. The number of fused-ring (bicyclic) bond motifs is 1. The van der Waals surface area contributed by atoms with Gasteiger partial charge in [0.2, 0.25) is 5.88 Å². The Morgan fingerprint density at radius 2 is 2.04 bits per heavy atom. The first-order chi connectivity index (χ1) is 13.4. The number of nitriles is 1. The zero-order valence-corrected chi connectivity index (χ0v) is 16.6. The Bertz CT molecular complexity index is 1190. The van der Waals surface area contributed by atoms with E-state index in [0.717, 1.165) is 10.0 Å². The van der Waals surface area contributed by atoms with Crippen molar-refractivity contribution < 1.29 is 9.53 Å². The van der Waals surface area contributed by atoms with Gasteiger partial charge in [-0.15, -0.1) is 0 Å². The number of benzene rings is 1. The summed E-state index contributed by atoms with van der Waals surface area (Å²) in [5.41, 5.74) is 0.538. The van der Waals surface area contributed by atoms with Crippen LogP contribution in [0.3, 0.4) is 0 Å². The molecule has 0 unspecified atom stereocenters. The molecular formula is C20H15BrN4O3. The summed E-state index contributed by atoms with van der Waals surface area (Å²) in [6, 6.07) is 12.3. The maximum Gasteiger partial charge on any atom is 0.269 e. The molecule has 8 heteroatoms. The molecule has 2 aromatic heterocycles. The highest BCUT2D eigenvalue weighted by Crippen LogP contribution is 2.26. The number of halogens is 1. The molecule has 7 nitrogen and oxygen atoms in total. The predicted molar refractivity (Wildman–Crippen MR) is 108 cm³/mol. The summed E-state index contributed by atoms with van der Waals surface area (Å²) in [6.07, 6.45) is 2.77. The molecule has 0 atom stereocenters. The number of hydrogen-bond acceptors (Lipinski definition) is 5. The van der Waals surface area contributed by atoms with Crippen LogP contribution < -0.4 is 15.6 Å². The van der Waals surface area contributed by atoms with Crippen LogP contribution in [0.2, 0.25) is 0 Å². The van der Waals surface area contributed by atoms with E-state index in [9.17, 15) is 14.9 Å². The number of carbonyl (C=O) groups is 1. The molecule has 0 fully saturated rings. The molecule has 3 aromatic rings. The second kappa shape index (κ2) is 8.06. The van der Waals surface area contributed by atoms with E-state index in [2.05, 4.69) is 26.2 Å². The lowest BCUT2D eigenvalue weighted by Gasteiger charge is -2.11. The van der Waals surface area contributed by atoms with Crippen molar-refractivity contribution >= 4 is 33.6 Å². The maximum absolute atomic E-state index is 13.1. The first-order valence-corrected chi connectivity index (χ1v) is 9.03. The highest BCUT2D eigenvalue weighted by Gasteiger charge is 2.17. The number of pyridine rings is 1. The molecule has 0 bridgehead atoms. The Morgan fingerprint density at radius 1 is 1.32 bits per heavy atom. The second-order valence-electron chi connectivity index (χ2n) is 5.83. The second-order valence-corrected chi connectivity index (χ2v) is 6.74. The molecule has 0 aliphatic heterocycles. The molecule has 0 radical (unpaired) electrons. The van der Waals surface area contributed by atoms with Crippen LogP contribution in [0.4, 0.5) is 0 Å². The van der Waals surface area contributed by atoms with Crippen molar-refractivity contribution in [2.75, 3.05) is 7.05 Å². The molecule has 0 spiro atoms. The first kappa shape index (κ1) is 19.3. The van der Waals surface area contributed by atoms with Crippen LogP contribution >= 0.6 is 15.9 Å². The fraction of sp³-hybridized carbons (Fsp3) is 0.100. The van der Waals surface area contributed by atoms with Crippen LogP contribution in [0.25, 0.3) is 11.7 Å². The lowest BCUT2D eigenvalue weighted by Crippen LogP contribution is -2.22. The summed E-state index contributed by atoms with van der Waals surface area (Å²) in [6.45, 7) is 1.83. The number of amides is 1. The normalized spacial score (nSPS) is 11.1. The molecule has 2 heterocycles. The summed E-state index contributed by atoms with van der Waals surface area (Å²) in [5, 5.41) is 11.7. The summed E-state index contributed by atoms with van der Waals surface area (Å²) >= 11 is 3.35. The number of aromatic nitrogens is 2. The van der Waals surface area contributed by atoms with Crippen LogP contribution in [0.5, 0.6) is 11.6 Å². The monoisotopic (exact) mass is 438 g/mol. The van der Waals surface area contributed by atoms with Gasteiger partial charge in [-0.05, 0) is 48.9 Å². The number of carbonyl (C=O) groups excluding carboxylic acids is 1. The Hall–Kier alpha value is -3.44. The molecule has 1 aromatic carbocycles. The fourth-order valence-corrected chi connectivity index (χ4v) is 2.80. The Kier molecular flexibility index (Phi) is 5.57. The molecule has 0 saturated carbocycles. The van der Waals surface area contributed by atoms with Gasteiger partial charge in [-0.1, -0.05) is 22.0 Å². The van der Waals surface area contributed by atoms with Crippen molar-refractivity contribution in [2.24, 2.45) is 0 Å². The average Bonchev–Trinajstić information content (AvgIpc) is 2.70. The lowest BCUT2D eigenvalue weighted by molar-refractivity contribution is -0.116. The number of hydrogen-bond donors (Lipinski definition) is 1. The summed E-state index contributed by atoms with van der Waals surface area (Å²) in [5.74, 6) is -0.134. The van der Waals surface area contributed by atoms with E-state index in [1.165, 1.54) is 17.5 Å². The standard InChI is InChI=1S/C20H15BrN4O3/c1-12-4-3-9-25-17(12)24-19(28-15-7-5-14(21)6-8-15)16(20(25)27)10-13(11-22)18(26)23-2/h3-10H,1-2H3,(H,23,26). The van der Waals surface area contributed by atoms with E-state index in [1.807, 2.05) is 13.0 Å².